The summed E-state index contributed by atoms with van der Waals surface area (Å²) in [5.74, 6) is -0.400. The Labute approximate surface area is 199 Å². The Balaban J connectivity index is 1.67. The number of carbonyl (C=O) groups is 1. The maximum absolute atomic E-state index is 13.0. The third-order valence-corrected chi connectivity index (χ3v) is 9.33. The van der Waals surface area contributed by atoms with Crippen LogP contribution in [0, 0.1) is 13.8 Å². The molecule has 2 heterocycles. The van der Waals surface area contributed by atoms with Gasteiger partial charge in [-0.3, -0.25) is 4.79 Å². The maximum Gasteiger partial charge on any atom is 0.279 e. The zero-order valence-corrected chi connectivity index (χ0v) is 20.9. The van der Waals surface area contributed by atoms with E-state index in [-0.39, 0.29) is 10.9 Å². The zero-order chi connectivity index (χ0) is 23.8. The lowest BCUT2D eigenvalue weighted by Gasteiger charge is -2.32. The molecule has 0 spiro atoms. The second kappa shape index (κ2) is 9.37. The summed E-state index contributed by atoms with van der Waals surface area (Å²) in [4.78, 5) is 18.1. The number of thiazole rings is 1. The number of hydrogen-bond donors (Lipinski definition) is 0. The largest absolute Gasteiger partial charge is 0.312 e. The molecule has 0 N–H and O–H groups in total. The van der Waals surface area contributed by atoms with Crippen molar-refractivity contribution in [2.75, 3.05) is 6.54 Å². The van der Waals surface area contributed by atoms with Crippen molar-refractivity contribution in [1.29, 1.82) is 0 Å². The Morgan fingerprint density at radius 3 is 2.55 bits per heavy atom. The van der Waals surface area contributed by atoms with Gasteiger partial charge in [-0.05, 0) is 81.1 Å². The summed E-state index contributed by atoms with van der Waals surface area (Å²) in [6.07, 6.45) is 4.57. The van der Waals surface area contributed by atoms with Crippen LogP contribution < -0.4 is 4.80 Å². The van der Waals surface area contributed by atoms with Crippen molar-refractivity contribution in [1.82, 2.24) is 8.87 Å². The summed E-state index contributed by atoms with van der Waals surface area (Å²) in [5.41, 5.74) is 3.74. The summed E-state index contributed by atoms with van der Waals surface area (Å²) < 4.78 is 30.7. The number of nitrogens with zero attached hydrogens (tertiary/aromatic N) is 3. The minimum Gasteiger partial charge on any atom is -0.312 e. The van der Waals surface area contributed by atoms with Crippen molar-refractivity contribution >= 4 is 37.5 Å². The molecule has 0 radical (unpaired) electrons. The van der Waals surface area contributed by atoms with E-state index in [9.17, 15) is 13.2 Å². The number of carbonyl (C=O) groups excluding carboxylic acids is 1. The molecule has 6 nitrogen and oxygen atoms in total. The van der Waals surface area contributed by atoms with Gasteiger partial charge in [-0.2, -0.15) is 9.30 Å². The number of aryl methyl sites for hydroxylation is 2. The molecule has 1 saturated heterocycles. The van der Waals surface area contributed by atoms with Crippen LogP contribution in [-0.2, 0) is 16.6 Å². The first kappa shape index (κ1) is 23.6. The first-order chi connectivity index (χ1) is 15.7. The molecule has 0 bridgehead atoms. The van der Waals surface area contributed by atoms with E-state index >= 15 is 0 Å². The van der Waals surface area contributed by atoms with Gasteiger partial charge < -0.3 is 4.57 Å². The Morgan fingerprint density at radius 2 is 1.88 bits per heavy atom. The van der Waals surface area contributed by atoms with E-state index in [1.165, 1.54) is 34.6 Å². The Morgan fingerprint density at radius 1 is 1.18 bits per heavy atom. The SMILES string of the molecule is C=CCn1c(=NC(=O)c2ccc(S(=O)(=O)N3CCCCC3C)cc2)sc2cc(C)c(C)cc21. The molecule has 1 aliphatic heterocycles. The van der Waals surface area contributed by atoms with E-state index in [1.54, 1.807) is 22.5 Å². The van der Waals surface area contributed by atoms with Gasteiger partial charge in [0.15, 0.2) is 4.80 Å². The number of piperidine rings is 1. The predicted octanol–water partition coefficient (Wildman–Crippen LogP) is 4.81. The van der Waals surface area contributed by atoms with Crippen molar-refractivity contribution in [2.45, 2.75) is 57.5 Å². The van der Waals surface area contributed by atoms with Crippen LogP contribution in [0.25, 0.3) is 10.2 Å². The van der Waals surface area contributed by atoms with E-state index in [4.69, 9.17) is 0 Å². The molecule has 1 atom stereocenters. The third-order valence-electron chi connectivity index (χ3n) is 6.26. The average molecular weight is 484 g/mol. The van der Waals surface area contributed by atoms with Gasteiger partial charge in [0, 0.05) is 24.7 Å². The van der Waals surface area contributed by atoms with E-state index < -0.39 is 15.9 Å². The fraction of sp³-hybridized carbons (Fsp3) is 0.360. The highest BCUT2D eigenvalue weighted by Gasteiger charge is 2.30. The quantitative estimate of drug-likeness (QED) is 0.489. The smallest absolute Gasteiger partial charge is 0.279 e. The molecule has 0 aliphatic carbocycles. The van der Waals surface area contributed by atoms with Crippen LogP contribution in [0.5, 0.6) is 0 Å². The minimum absolute atomic E-state index is 0.0133. The van der Waals surface area contributed by atoms with Crippen molar-refractivity contribution in [3.63, 3.8) is 0 Å². The molecule has 0 saturated carbocycles. The average Bonchev–Trinajstić information content (AvgIpc) is 3.10. The lowest BCUT2D eigenvalue weighted by molar-refractivity contribution is 0.0997. The number of fused-ring (bicyclic) bond motifs is 1. The zero-order valence-electron chi connectivity index (χ0n) is 19.2. The van der Waals surface area contributed by atoms with Gasteiger partial charge in [-0.25, -0.2) is 8.42 Å². The normalized spacial score (nSPS) is 18.0. The molecule has 1 unspecified atom stereocenters. The van der Waals surface area contributed by atoms with Crippen LogP contribution in [0.2, 0.25) is 0 Å². The van der Waals surface area contributed by atoms with Crippen molar-refractivity contribution < 1.29 is 13.2 Å². The number of allylic oxidation sites excluding steroid dienone is 1. The highest BCUT2D eigenvalue weighted by atomic mass is 32.2. The van der Waals surface area contributed by atoms with Crippen LogP contribution in [0.3, 0.4) is 0 Å². The summed E-state index contributed by atoms with van der Waals surface area (Å²) in [7, 11) is -3.57. The highest BCUT2D eigenvalue weighted by Crippen LogP contribution is 2.26. The fourth-order valence-electron chi connectivity index (χ4n) is 4.20. The van der Waals surface area contributed by atoms with E-state index in [1.807, 2.05) is 11.5 Å². The van der Waals surface area contributed by atoms with Crippen LogP contribution in [-0.4, -0.2) is 35.8 Å². The second-order valence-corrected chi connectivity index (χ2v) is 11.5. The molecule has 2 aromatic carbocycles. The molecular weight excluding hydrogens is 454 g/mol. The van der Waals surface area contributed by atoms with Crippen molar-refractivity contribution in [3.8, 4) is 0 Å². The van der Waals surface area contributed by atoms with E-state index in [2.05, 4.69) is 37.6 Å². The van der Waals surface area contributed by atoms with Crippen LogP contribution in [0.15, 0.2) is 58.9 Å². The van der Waals surface area contributed by atoms with Gasteiger partial charge in [0.05, 0.1) is 15.1 Å². The Bertz CT molecular complexity index is 1380. The fourth-order valence-corrected chi connectivity index (χ4v) is 7.01. The molecule has 33 heavy (non-hydrogen) atoms. The molecule has 8 heteroatoms. The van der Waals surface area contributed by atoms with Gasteiger partial charge in [0.25, 0.3) is 5.91 Å². The Hall–Kier alpha value is -2.55. The first-order valence-electron chi connectivity index (χ1n) is 11.1. The molecule has 1 aromatic heterocycles. The van der Waals surface area contributed by atoms with Gasteiger partial charge >= 0.3 is 0 Å². The molecule has 1 amide bonds. The number of sulfonamides is 1. The third kappa shape index (κ3) is 4.60. The molecule has 174 valence electrons. The van der Waals surface area contributed by atoms with Crippen molar-refractivity contribution in [3.05, 3.63) is 70.5 Å². The molecule has 3 aromatic rings. The maximum atomic E-state index is 13.0. The summed E-state index contributed by atoms with van der Waals surface area (Å²) in [6.45, 7) is 11.0. The van der Waals surface area contributed by atoms with Crippen LogP contribution >= 0.6 is 11.3 Å². The highest BCUT2D eigenvalue weighted by molar-refractivity contribution is 7.89. The van der Waals surface area contributed by atoms with Crippen LogP contribution in [0.1, 0.15) is 47.7 Å². The standard InChI is InChI=1S/C25H29N3O3S2/c1-5-13-27-22-15-17(2)18(3)16-23(22)32-25(27)26-24(29)20-9-11-21(12-10-20)33(30,31)28-14-7-6-8-19(28)4/h5,9-12,15-16,19H,1,6-8,13-14H2,2-4H3. The molecular formula is C25H29N3O3S2. The molecule has 1 fully saturated rings. The monoisotopic (exact) mass is 483 g/mol. The number of benzene rings is 2. The van der Waals surface area contributed by atoms with Gasteiger partial charge in [0.2, 0.25) is 10.0 Å². The van der Waals surface area contributed by atoms with Gasteiger partial charge in [0.1, 0.15) is 0 Å². The minimum atomic E-state index is -3.57. The second-order valence-electron chi connectivity index (χ2n) is 8.59. The summed E-state index contributed by atoms with van der Waals surface area (Å²) in [5, 5.41) is 0. The molecule has 1 aliphatic rings. The van der Waals surface area contributed by atoms with Gasteiger partial charge in [-0.1, -0.05) is 23.8 Å². The lowest BCUT2D eigenvalue weighted by atomic mass is 10.1. The first-order valence-corrected chi connectivity index (χ1v) is 13.4. The van der Waals surface area contributed by atoms with Gasteiger partial charge in [-0.15, -0.1) is 6.58 Å². The number of hydrogen-bond acceptors (Lipinski definition) is 4. The topological polar surface area (TPSA) is 71.7 Å². The van der Waals surface area contributed by atoms with Crippen LogP contribution in [0.4, 0.5) is 0 Å². The van der Waals surface area contributed by atoms with E-state index in [0.29, 0.717) is 23.5 Å². The van der Waals surface area contributed by atoms with E-state index in [0.717, 1.165) is 29.5 Å². The summed E-state index contributed by atoms with van der Waals surface area (Å²) >= 11 is 1.46. The molecule has 4 rings (SSSR count). The number of aromatic nitrogens is 1. The number of rotatable bonds is 5. The lowest BCUT2D eigenvalue weighted by Crippen LogP contribution is -2.41. The predicted molar refractivity (Wildman–Crippen MR) is 133 cm³/mol. The Kier molecular flexibility index (Phi) is 6.70. The number of amides is 1. The summed E-state index contributed by atoms with van der Waals surface area (Å²) in [6, 6.07) is 10.3. The van der Waals surface area contributed by atoms with Crippen molar-refractivity contribution in [2.24, 2.45) is 4.99 Å².